The molecule has 0 radical (unpaired) electrons. The molecule has 94 valence electrons. The predicted octanol–water partition coefficient (Wildman–Crippen LogP) is 1.69. The standard InChI is InChI=1S/C11H16ClN3O2/c1-13-11(10(16)17)4-2-3-9(5-11)15-7-8(12)6-14-15/h6-7,9,13H,2-5H2,1H3,(H,16,17). The average Bonchev–Trinajstić information content (AvgIpc) is 2.76. The molecule has 0 aliphatic heterocycles. The van der Waals surface area contributed by atoms with Gasteiger partial charge in [0.05, 0.1) is 17.3 Å². The number of hydrogen-bond acceptors (Lipinski definition) is 3. The third kappa shape index (κ3) is 2.30. The summed E-state index contributed by atoms with van der Waals surface area (Å²) >= 11 is 5.83. The highest BCUT2D eigenvalue weighted by Crippen LogP contribution is 2.35. The van der Waals surface area contributed by atoms with E-state index < -0.39 is 11.5 Å². The molecular weight excluding hydrogens is 242 g/mol. The van der Waals surface area contributed by atoms with Gasteiger partial charge < -0.3 is 10.4 Å². The number of rotatable bonds is 3. The average molecular weight is 258 g/mol. The minimum Gasteiger partial charge on any atom is -0.480 e. The fourth-order valence-corrected chi connectivity index (χ4v) is 2.66. The molecule has 1 aliphatic carbocycles. The number of hydrogen-bond donors (Lipinski definition) is 2. The van der Waals surface area contributed by atoms with E-state index in [4.69, 9.17) is 11.6 Å². The maximum Gasteiger partial charge on any atom is 0.323 e. The molecule has 0 aromatic carbocycles. The second-order valence-electron chi connectivity index (χ2n) is 4.53. The van der Waals surface area contributed by atoms with Crippen LogP contribution >= 0.6 is 11.6 Å². The first-order valence-corrected chi connectivity index (χ1v) is 6.07. The summed E-state index contributed by atoms with van der Waals surface area (Å²) in [6.07, 6.45) is 6.34. The molecule has 5 nitrogen and oxygen atoms in total. The summed E-state index contributed by atoms with van der Waals surface area (Å²) < 4.78 is 1.77. The Balaban J connectivity index is 2.19. The zero-order valence-electron chi connectivity index (χ0n) is 9.69. The Morgan fingerprint density at radius 1 is 1.76 bits per heavy atom. The Morgan fingerprint density at radius 2 is 2.53 bits per heavy atom. The van der Waals surface area contributed by atoms with Gasteiger partial charge in [-0.2, -0.15) is 5.10 Å². The lowest BCUT2D eigenvalue weighted by Gasteiger charge is -2.37. The van der Waals surface area contributed by atoms with Gasteiger partial charge in [-0.3, -0.25) is 9.48 Å². The van der Waals surface area contributed by atoms with Crippen LogP contribution in [0.3, 0.4) is 0 Å². The molecule has 1 aliphatic rings. The Morgan fingerprint density at radius 3 is 3.06 bits per heavy atom. The summed E-state index contributed by atoms with van der Waals surface area (Å²) in [6.45, 7) is 0. The van der Waals surface area contributed by atoms with Gasteiger partial charge in [-0.05, 0) is 32.7 Å². The molecule has 1 aromatic rings. The maximum atomic E-state index is 11.4. The van der Waals surface area contributed by atoms with Crippen LogP contribution in [0.25, 0.3) is 0 Å². The molecule has 2 unspecified atom stereocenters. The predicted molar refractivity (Wildman–Crippen MR) is 64.2 cm³/mol. The molecule has 2 N–H and O–H groups in total. The van der Waals surface area contributed by atoms with Crippen LogP contribution in [0.2, 0.25) is 5.02 Å². The molecule has 1 heterocycles. The van der Waals surface area contributed by atoms with E-state index in [-0.39, 0.29) is 6.04 Å². The van der Waals surface area contributed by atoms with Crippen LogP contribution < -0.4 is 5.32 Å². The van der Waals surface area contributed by atoms with E-state index >= 15 is 0 Å². The second kappa shape index (κ2) is 4.66. The van der Waals surface area contributed by atoms with E-state index in [1.54, 1.807) is 24.1 Å². The molecule has 2 rings (SSSR count). The number of aromatic nitrogens is 2. The molecule has 17 heavy (non-hydrogen) atoms. The summed E-state index contributed by atoms with van der Waals surface area (Å²) in [6, 6.07) is 0.0970. The molecule has 0 saturated heterocycles. The number of nitrogens with one attached hydrogen (secondary N) is 1. The molecule has 0 spiro atoms. The van der Waals surface area contributed by atoms with Gasteiger partial charge in [0, 0.05) is 6.20 Å². The van der Waals surface area contributed by atoms with Crippen LogP contribution in [0.4, 0.5) is 0 Å². The van der Waals surface area contributed by atoms with E-state index in [2.05, 4.69) is 10.4 Å². The van der Waals surface area contributed by atoms with Crippen LogP contribution in [0.5, 0.6) is 0 Å². The fraction of sp³-hybridized carbons (Fsp3) is 0.636. The topological polar surface area (TPSA) is 67.2 Å². The summed E-state index contributed by atoms with van der Waals surface area (Å²) in [5, 5.41) is 17.0. The molecular formula is C11H16ClN3O2. The van der Waals surface area contributed by atoms with Gasteiger partial charge in [0.1, 0.15) is 5.54 Å². The van der Waals surface area contributed by atoms with Gasteiger partial charge in [0.25, 0.3) is 0 Å². The van der Waals surface area contributed by atoms with Gasteiger partial charge >= 0.3 is 5.97 Å². The van der Waals surface area contributed by atoms with E-state index in [1.165, 1.54) is 0 Å². The molecule has 1 fully saturated rings. The summed E-state index contributed by atoms with van der Waals surface area (Å²) in [7, 11) is 1.70. The first-order chi connectivity index (χ1) is 8.07. The number of nitrogens with zero attached hydrogens (tertiary/aromatic N) is 2. The largest absolute Gasteiger partial charge is 0.480 e. The number of carboxylic acid groups (broad SMARTS) is 1. The van der Waals surface area contributed by atoms with Gasteiger partial charge in [0.2, 0.25) is 0 Å². The minimum atomic E-state index is -0.832. The number of halogens is 1. The first kappa shape index (κ1) is 12.4. The monoisotopic (exact) mass is 257 g/mol. The summed E-state index contributed by atoms with van der Waals surface area (Å²) in [5.41, 5.74) is -0.832. The normalized spacial score (nSPS) is 29.2. The van der Waals surface area contributed by atoms with Crippen molar-refractivity contribution in [1.82, 2.24) is 15.1 Å². The Hall–Kier alpha value is -1.07. The van der Waals surface area contributed by atoms with Crippen molar-refractivity contribution in [3.63, 3.8) is 0 Å². The van der Waals surface area contributed by atoms with Crippen molar-refractivity contribution in [2.45, 2.75) is 37.3 Å². The van der Waals surface area contributed by atoms with Crippen LogP contribution in [0.15, 0.2) is 12.4 Å². The third-order valence-electron chi connectivity index (χ3n) is 3.56. The van der Waals surface area contributed by atoms with E-state index in [0.717, 1.165) is 12.8 Å². The van der Waals surface area contributed by atoms with Gasteiger partial charge in [-0.25, -0.2) is 0 Å². The van der Waals surface area contributed by atoms with Crippen molar-refractivity contribution in [2.24, 2.45) is 0 Å². The summed E-state index contributed by atoms with van der Waals surface area (Å²) in [5.74, 6) is -0.789. The summed E-state index contributed by atoms with van der Waals surface area (Å²) in [4.78, 5) is 11.4. The minimum absolute atomic E-state index is 0.0970. The van der Waals surface area contributed by atoms with Gasteiger partial charge in [-0.15, -0.1) is 0 Å². The van der Waals surface area contributed by atoms with Crippen LogP contribution in [0, 0.1) is 0 Å². The molecule has 0 amide bonds. The zero-order valence-corrected chi connectivity index (χ0v) is 10.4. The smallest absolute Gasteiger partial charge is 0.323 e. The molecule has 0 bridgehead atoms. The lowest BCUT2D eigenvalue weighted by atomic mass is 9.79. The van der Waals surface area contributed by atoms with Crippen molar-refractivity contribution in [3.05, 3.63) is 17.4 Å². The molecule has 2 atom stereocenters. The SMILES string of the molecule is CNC1(C(=O)O)CCCC(n2cc(Cl)cn2)C1. The Kier molecular flexibility index (Phi) is 3.40. The molecule has 1 saturated carbocycles. The number of likely N-dealkylation sites (N-methyl/N-ethyl adjacent to an activating group) is 1. The van der Waals surface area contributed by atoms with E-state index in [0.29, 0.717) is 17.9 Å². The van der Waals surface area contributed by atoms with Crippen molar-refractivity contribution < 1.29 is 9.90 Å². The Bertz CT molecular complexity index is 421. The third-order valence-corrected chi connectivity index (χ3v) is 3.75. The van der Waals surface area contributed by atoms with Crippen molar-refractivity contribution in [2.75, 3.05) is 7.05 Å². The van der Waals surface area contributed by atoms with Gasteiger partial charge in [-0.1, -0.05) is 11.6 Å². The van der Waals surface area contributed by atoms with Crippen LogP contribution in [-0.2, 0) is 4.79 Å². The van der Waals surface area contributed by atoms with Crippen LogP contribution in [0.1, 0.15) is 31.7 Å². The quantitative estimate of drug-likeness (QED) is 0.865. The highest BCUT2D eigenvalue weighted by atomic mass is 35.5. The maximum absolute atomic E-state index is 11.4. The lowest BCUT2D eigenvalue weighted by Crippen LogP contribution is -2.53. The number of carbonyl (C=O) groups is 1. The van der Waals surface area contributed by atoms with Crippen LogP contribution in [-0.4, -0.2) is 33.4 Å². The van der Waals surface area contributed by atoms with Crippen molar-refractivity contribution >= 4 is 17.6 Å². The van der Waals surface area contributed by atoms with Gasteiger partial charge in [0.15, 0.2) is 0 Å². The van der Waals surface area contributed by atoms with Crippen molar-refractivity contribution in [3.8, 4) is 0 Å². The lowest BCUT2D eigenvalue weighted by molar-refractivity contribution is -0.146. The number of aliphatic carboxylic acids is 1. The van der Waals surface area contributed by atoms with E-state index in [9.17, 15) is 9.90 Å². The Labute approximate surface area is 105 Å². The molecule has 1 aromatic heterocycles. The fourth-order valence-electron chi connectivity index (χ4n) is 2.51. The van der Waals surface area contributed by atoms with E-state index in [1.807, 2.05) is 0 Å². The first-order valence-electron chi connectivity index (χ1n) is 5.69. The highest BCUT2D eigenvalue weighted by Gasteiger charge is 2.42. The number of carboxylic acids is 1. The highest BCUT2D eigenvalue weighted by molar-refractivity contribution is 6.30. The second-order valence-corrected chi connectivity index (χ2v) is 4.96. The zero-order chi connectivity index (χ0) is 12.5. The molecule has 6 heteroatoms. The van der Waals surface area contributed by atoms with Crippen molar-refractivity contribution in [1.29, 1.82) is 0 Å².